The van der Waals surface area contributed by atoms with Crippen LogP contribution >= 0.6 is 0 Å². The standard InChI is InChI=1S/C5H11NO3/c7-4(8)5(9)2-1-3-6-5/h4,6-9H,1-3H2/t5-/m1/s1. The molecule has 0 aromatic carbocycles. The van der Waals surface area contributed by atoms with E-state index in [4.69, 9.17) is 15.3 Å². The van der Waals surface area contributed by atoms with Gasteiger partial charge < -0.3 is 15.3 Å². The number of rotatable bonds is 1. The Morgan fingerprint density at radius 3 is 2.33 bits per heavy atom. The van der Waals surface area contributed by atoms with Gasteiger partial charge >= 0.3 is 0 Å². The van der Waals surface area contributed by atoms with Crippen LogP contribution in [0.1, 0.15) is 12.8 Å². The van der Waals surface area contributed by atoms with Crippen LogP contribution in [0.3, 0.4) is 0 Å². The van der Waals surface area contributed by atoms with Crippen molar-refractivity contribution in [2.24, 2.45) is 0 Å². The van der Waals surface area contributed by atoms with E-state index in [0.717, 1.165) is 6.42 Å². The molecule has 4 nitrogen and oxygen atoms in total. The molecule has 1 atom stereocenters. The first kappa shape index (κ1) is 6.95. The summed E-state index contributed by atoms with van der Waals surface area (Å²) >= 11 is 0. The second-order valence-electron chi connectivity index (χ2n) is 2.33. The molecule has 54 valence electrons. The van der Waals surface area contributed by atoms with Crippen molar-refractivity contribution in [1.29, 1.82) is 0 Å². The van der Waals surface area contributed by atoms with Crippen molar-refractivity contribution in [3.63, 3.8) is 0 Å². The lowest BCUT2D eigenvalue weighted by Crippen LogP contribution is -2.50. The lowest BCUT2D eigenvalue weighted by atomic mass is 10.1. The maximum absolute atomic E-state index is 9.16. The van der Waals surface area contributed by atoms with E-state index >= 15 is 0 Å². The van der Waals surface area contributed by atoms with Crippen LogP contribution in [0.4, 0.5) is 0 Å². The maximum Gasteiger partial charge on any atom is 0.195 e. The van der Waals surface area contributed by atoms with E-state index < -0.39 is 12.0 Å². The monoisotopic (exact) mass is 133 g/mol. The quantitative estimate of drug-likeness (QED) is 0.324. The van der Waals surface area contributed by atoms with Crippen LogP contribution in [0.15, 0.2) is 0 Å². The summed E-state index contributed by atoms with van der Waals surface area (Å²) in [5.41, 5.74) is -1.44. The zero-order valence-corrected chi connectivity index (χ0v) is 5.04. The van der Waals surface area contributed by atoms with Crippen LogP contribution in [0.2, 0.25) is 0 Å². The summed E-state index contributed by atoms with van der Waals surface area (Å²) in [5.74, 6) is 0. The van der Waals surface area contributed by atoms with Gasteiger partial charge in [0.1, 0.15) is 0 Å². The van der Waals surface area contributed by atoms with Crippen LogP contribution in [0, 0.1) is 0 Å². The smallest absolute Gasteiger partial charge is 0.195 e. The number of aliphatic hydroxyl groups excluding tert-OH is 1. The second kappa shape index (κ2) is 2.22. The molecule has 0 radical (unpaired) electrons. The first-order valence-electron chi connectivity index (χ1n) is 2.99. The van der Waals surface area contributed by atoms with Crippen molar-refractivity contribution in [2.75, 3.05) is 6.54 Å². The largest absolute Gasteiger partial charge is 0.371 e. The first-order chi connectivity index (χ1) is 4.15. The Morgan fingerprint density at radius 2 is 2.11 bits per heavy atom. The topological polar surface area (TPSA) is 72.7 Å². The van der Waals surface area contributed by atoms with Crippen LogP contribution < -0.4 is 5.32 Å². The van der Waals surface area contributed by atoms with Gasteiger partial charge in [-0.3, -0.25) is 5.32 Å². The third-order valence-electron chi connectivity index (χ3n) is 1.59. The Labute approximate surface area is 53.1 Å². The molecule has 1 aliphatic rings. The average Bonchev–Trinajstić information content (AvgIpc) is 2.16. The molecule has 0 amide bonds. The molecule has 0 unspecified atom stereocenters. The Bertz CT molecular complexity index is 98.4. The molecule has 0 bridgehead atoms. The molecule has 1 heterocycles. The van der Waals surface area contributed by atoms with Crippen molar-refractivity contribution >= 4 is 0 Å². The normalized spacial score (nSPS) is 36.0. The van der Waals surface area contributed by atoms with Gasteiger partial charge in [0.05, 0.1) is 0 Å². The summed E-state index contributed by atoms with van der Waals surface area (Å²) in [7, 11) is 0. The predicted octanol–water partition coefficient (Wildman–Crippen LogP) is -1.63. The Morgan fingerprint density at radius 1 is 1.44 bits per heavy atom. The van der Waals surface area contributed by atoms with E-state index in [0.29, 0.717) is 13.0 Å². The van der Waals surface area contributed by atoms with Gasteiger partial charge in [0.15, 0.2) is 12.0 Å². The van der Waals surface area contributed by atoms with Crippen LogP contribution in [-0.4, -0.2) is 33.9 Å². The number of hydrogen-bond donors (Lipinski definition) is 4. The molecule has 1 fully saturated rings. The molecule has 0 spiro atoms. The zero-order chi connectivity index (χ0) is 6.91. The van der Waals surface area contributed by atoms with Gasteiger partial charge in [-0.1, -0.05) is 0 Å². The molecule has 0 saturated carbocycles. The summed E-state index contributed by atoms with van der Waals surface area (Å²) in [6, 6.07) is 0. The molecule has 1 aliphatic heterocycles. The highest BCUT2D eigenvalue weighted by Gasteiger charge is 2.36. The molecule has 1 saturated heterocycles. The maximum atomic E-state index is 9.16. The molecule has 0 aromatic rings. The van der Waals surface area contributed by atoms with Gasteiger partial charge in [-0.15, -0.1) is 0 Å². The molecule has 0 aliphatic carbocycles. The number of hydrogen-bond acceptors (Lipinski definition) is 4. The van der Waals surface area contributed by atoms with Gasteiger partial charge in [-0.05, 0) is 19.4 Å². The summed E-state index contributed by atoms with van der Waals surface area (Å²) < 4.78 is 0. The molecular formula is C5H11NO3. The third kappa shape index (κ3) is 1.21. The second-order valence-corrected chi connectivity index (χ2v) is 2.33. The Kier molecular flexibility index (Phi) is 1.72. The summed E-state index contributed by atoms with van der Waals surface area (Å²) in [6.07, 6.45) is -0.473. The number of aliphatic hydroxyl groups is 3. The van der Waals surface area contributed by atoms with E-state index in [-0.39, 0.29) is 0 Å². The molecule has 0 aromatic heterocycles. The minimum atomic E-state index is -1.67. The van der Waals surface area contributed by atoms with Crippen molar-refractivity contribution in [3.8, 4) is 0 Å². The van der Waals surface area contributed by atoms with E-state index in [1.165, 1.54) is 0 Å². The van der Waals surface area contributed by atoms with Crippen LogP contribution in [0.25, 0.3) is 0 Å². The highest BCUT2D eigenvalue weighted by Crippen LogP contribution is 2.17. The Balaban J connectivity index is 2.51. The SMILES string of the molecule is OC(O)[C@]1(O)CCCN1. The summed E-state index contributed by atoms with van der Waals surface area (Å²) in [4.78, 5) is 0. The van der Waals surface area contributed by atoms with Gasteiger partial charge in [0.2, 0.25) is 0 Å². The van der Waals surface area contributed by atoms with Crippen molar-refractivity contribution in [1.82, 2.24) is 5.32 Å². The molecular weight excluding hydrogens is 122 g/mol. The highest BCUT2D eigenvalue weighted by atomic mass is 16.5. The fourth-order valence-electron chi connectivity index (χ4n) is 0.972. The van der Waals surface area contributed by atoms with E-state index in [2.05, 4.69) is 5.32 Å². The molecule has 9 heavy (non-hydrogen) atoms. The Hall–Kier alpha value is -0.160. The summed E-state index contributed by atoms with van der Waals surface area (Å²) in [6.45, 7) is 0.647. The van der Waals surface area contributed by atoms with Crippen LogP contribution in [-0.2, 0) is 0 Å². The molecule has 4 heteroatoms. The zero-order valence-electron chi connectivity index (χ0n) is 5.04. The molecule has 4 N–H and O–H groups in total. The predicted molar refractivity (Wildman–Crippen MR) is 30.4 cm³/mol. The van der Waals surface area contributed by atoms with Gasteiger partial charge in [0, 0.05) is 0 Å². The highest BCUT2D eigenvalue weighted by molar-refractivity contribution is 4.83. The fourth-order valence-corrected chi connectivity index (χ4v) is 0.972. The van der Waals surface area contributed by atoms with E-state index in [9.17, 15) is 0 Å². The minimum Gasteiger partial charge on any atom is -0.371 e. The third-order valence-corrected chi connectivity index (χ3v) is 1.59. The van der Waals surface area contributed by atoms with Gasteiger partial charge in [-0.2, -0.15) is 0 Å². The van der Waals surface area contributed by atoms with E-state index in [1.807, 2.05) is 0 Å². The van der Waals surface area contributed by atoms with Crippen LogP contribution in [0.5, 0.6) is 0 Å². The van der Waals surface area contributed by atoms with E-state index in [1.54, 1.807) is 0 Å². The van der Waals surface area contributed by atoms with Crippen molar-refractivity contribution in [3.05, 3.63) is 0 Å². The lowest BCUT2D eigenvalue weighted by Gasteiger charge is -2.23. The fraction of sp³-hybridized carbons (Fsp3) is 1.00. The molecule has 1 rings (SSSR count). The van der Waals surface area contributed by atoms with Gasteiger partial charge in [0.25, 0.3) is 0 Å². The van der Waals surface area contributed by atoms with Crippen molar-refractivity contribution < 1.29 is 15.3 Å². The first-order valence-corrected chi connectivity index (χ1v) is 2.99. The van der Waals surface area contributed by atoms with Gasteiger partial charge in [-0.25, -0.2) is 0 Å². The average molecular weight is 133 g/mol. The summed E-state index contributed by atoms with van der Waals surface area (Å²) in [5, 5.41) is 28.9. The minimum absolute atomic E-state index is 0.407. The van der Waals surface area contributed by atoms with Crippen molar-refractivity contribution in [2.45, 2.75) is 24.9 Å². The lowest BCUT2D eigenvalue weighted by molar-refractivity contribution is -0.190. The number of nitrogens with one attached hydrogen (secondary N) is 1.